The number of phenols is 1. The number of ether oxygens (including phenoxy) is 1. The number of carbonyl (C=O) groups is 2. The fourth-order valence-electron chi connectivity index (χ4n) is 2.83. The summed E-state index contributed by atoms with van der Waals surface area (Å²) in [6.07, 6.45) is 1.21. The molecule has 0 fully saturated rings. The van der Waals surface area contributed by atoms with Gasteiger partial charge in [-0.1, -0.05) is 13.0 Å². The first-order chi connectivity index (χ1) is 11.9. The molecule has 7 nitrogen and oxygen atoms in total. The summed E-state index contributed by atoms with van der Waals surface area (Å²) >= 11 is 0. The minimum Gasteiger partial charge on any atom is -0.506 e. The van der Waals surface area contributed by atoms with Crippen LogP contribution in [0.5, 0.6) is 11.5 Å². The van der Waals surface area contributed by atoms with E-state index in [1.165, 1.54) is 0 Å². The quantitative estimate of drug-likeness (QED) is 0.489. The van der Waals surface area contributed by atoms with Crippen LogP contribution >= 0.6 is 0 Å². The lowest BCUT2D eigenvalue weighted by Crippen LogP contribution is -2.41. The smallest absolute Gasteiger partial charge is 0.262 e. The highest BCUT2D eigenvalue weighted by atomic mass is 16.5. The van der Waals surface area contributed by atoms with Gasteiger partial charge in [-0.05, 0) is 38.4 Å². The largest absolute Gasteiger partial charge is 0.506 e. The summed E-state index contributed by atoms with van der Waals surface area (Å²) < 4.78 is 5.47. The van der Waals surface area contributed by atoms with Crippen molar-refractivity contribution < 1.29 is 19.4 Å². The molecule has 0 saturated carbocycles. The Bertz CT molecular complexity index is 631. The molecule has 1 aromatic carbocycles. The van der Waals surface area contributed by atoms with Gasteiger partial charge >= 0.3 is 0 Å². The van der Waals surface area contributed by atoms with Gasteiger partial charge in [-0.25, -0.2) is 0 Å². The average Bonchev–Trinajstić information content (AvgIpc) is 2.59. The highest BCUT2D eigenvalue weighted by molar-refractivity contribution is 5.97. The Balaban J connectivity index is 1.85. The molecule has 25 heavy (non-hydrogen) atoms. The molecule has 2 rings (SSSR count). The Labute approximate surface area is 148 Å². The van der Waals surface area contributed by atoms with Crippen molar-refractivity contribution in [2.24, 2.45) is 0 Å². The fraction of sp³-hybridized carbons (Fsp3) is 0.556. The molecule has 1 aromatic rings. The summed E-state index contributed by atoms with van der Waals surface area (Å²) in [6.45, 7) is 7.95. The molecule has 7 heteroatoms. The number of nitrogens with zero attached hydrogens (tertiary/aromatic N) is 1. The predicted molar refractivity (Wildman–Crippen MR) is 95.9 cm³/mol. The lowest BCUT2D eigenvalue weighted by atomic mass is 10.1. The highest BCUT2D eigenvalue weighted by Gasteiger charge is 2.22. The maximum absolute atomic E-state index is 11.9. The molecule has 138 valence electrons. The first-order valence-electron chi connectivity index (χ1n) is 8.71. The van der Waals surface area contributed by atoms with Crippen LogP contribution in [-0.4, -0.2) is 54.1 Å². The summed E-state index contributed by atoms with van der Waals surface area (Å²) in [5, 5.41) is 15.8. The monoisotopic (exact) mass is 349 g/mol. The molecule has 1 aliphatic rings. The Kier molecular flexibility index (Phi) is 6.64. The van der Waals surface area contributed by atoms with E-state index in [0.717, 1.165) is 5.56 Å². The van der Waals surface area contributed by atoms with E-state index in [2.05, 4.69) is 10.6 Å². The normalized spacial score (nSPS) is 13.2. The van der Waals surface area contributed by atoms with Crippen LogP contribution in [0.4, 0.5) is 5.69 Å². The number of nitrogens with one attached hydrogen (secondary N) is 2. The summed E-state index contributed by atoms with van der Waals surface area (Å²) in [5.41, 5.74) is 1.26. The van der Waals surface area contributed by atoms with E-state index in [1.807, 2.05) is 25.7 Å². The number of hydrogen-bond donors (Lipinski definition) is 3. The number of anilines is 1. The molecule has 0 aromatic heterocycles. The van der Waals surface area contributed by atoms with Gasteiger partial charge in [0.1, 0.15) is 11.4 Å². The number of amides is 2. The molecular weight excluding hydrogens is 322 g/mol. The molecule has 0 spiro atoms. The maximum Gasteiger partial charge on any atom is 0.262 e. The summed E-state index contributed by atoms with van der Waals surface area (Å²) in [7, 11) is 0. The van der Waals surface area contributed by atoms with Crippen LogP contribution in [0.1, 0.15) is 32.8 Å². The van der Waals surface area contributed by atoms with E-state index in [1.54, 1.807) is 12.1 Å². The van der Waals surface area contributed by atoms with Crippen LogP contribution < -0.4 is 15.4 Å². The van der Waals surface area contributed by atoms with Crippen molar-refractivity contribution in [2.75, 3.05) is 31.6 Å². The van der Waals surface area contributed by atoms with E-state index in [0.29, 0.717) is 43.9 Å². The number of hydrogen-bond acceptors (Lipinski definition) is 5. The van der Waals surface area contributed by atoms with E-state index in [9.17, 15) is 14.7 Å². The molecular formula is C18H27N3O4. The lowest BCUT2D eigenvalue weighted by molar-refractivity contribution is -0.132. The Morgan fingerprint density at radius 2 is 2.16 bits per heavy atom. The van der Waals surface area contributed by atoms with Gasteiger partial charge in [0.05, 0.1) is 0 Å². The number of rotatable bonds is 8. The maximum atomic E-state index is 11.9. The van der Waals surface area contributed by atoms with Gasteiger partial charge < -0.3 is 25.4 Å². The SMILES string of the molecule is CCC(=O)N(CCNCCc1ccc(O)c2c1OCC(=O)N2)C(C)C. The van der Waals surface area contributed by atoms with E-state index in [4.69, 9.17) is 4.74 Å². The van der Waals surface area contributed by atoms with Crippen molar-refractivity contribution >= 4 is 17.5 Å². The zero-order valence-electron chi connectivity index (χ0n) is 15.1. The highest BCUT2D eigenvalue weighted by Crippen LogP contribution is 2.39. The van der Waals surface area contributed by atoms with Crippen LogP contribution in [0.3, 0.4) is 0 Å². The summed E-state index contributed by atoms with van der Waals surface area (Å²) in [6, 6.07) is 3.55. The average molecular weight is 349 g/mol. The summed E-state index contributed by atoms with van der Waals surface area (Å²) in [4.78, 5) is 25.1. The zero-order chi connectivity index (χ0) is 18.4. The second kappa shape index (κ2) is 8.71. The van der Waals surface area contributed by atoms with Crippen LogP contribution in [0.15, 0.2) is 12.1 Å². The second-order valence-corrected chi connectivity index (χ2v) is 6.32. The topological polar surface area (TPSA) is 90.9 Å². The first-order valence-corrected chi connectivity index (χ1v) is 8.71. The minimum absolute atomic E-state index is 0.00501. The number of benzene rings is 1. The van der Waals surface area contributed by atoms with E-state index >= 15 is 0 Å². The fourth-order valence-corrected chi connectivity index (χ4v) is 2.83. The third-order valence-electron chi connectivity index (χ3n) is 4.18. The lowest BCUT2D eigenvalue weighted by Gasteiger charge is -2.26. The van der Waals surface area contributed by atoms with Crippen LogP contribution in [-0.2, 0) is 16.0 Å². The molecule has 2 amide bonds. The number of carbonyl (C=O) groups excluding carboxylic acids is 2. The molecule has 1 aliphatic heterocycles. The Morgan fingerprint density at radius 3 is 2.84 bits per heavy atom. The second-order valence-electron chi connectivity index (χ2n) is 6.32. The molecule has 0 aliphatic carbocycles. The molecule has 0 unspecified atom stereocenters. The molecule has 0 radical (unpaired) electrons. The number of fused-ring (bicyclic) bond motifs is 1. The van der Waals surface area contributed by atoms with Gasteiger partial charge in [0, 0.05) is 25.6 Å². The predicted octanol–water partition coefficient (Wildman–Crippen LogP) is 1.50. The van der Waals surface area contributed by atoms with Crippen molar-refractivity contribution in [3.8, 4) is 11.5 Å². The molecule has 0 atom stereocenters. The van der Waals surface area contributed by atoms with Crippen molar-refractivity contribution in [3.05, 3.63) is 17.7 Å². The number of aromatic hydroxyl groups is 1. The van der Waals surface area contributed by atoms with Crippen molar-refractivity contribution in [3.63, 3.8) is 0 Å². The molecule has 1 heterocycles. The first kappa shape index (κ1) is 19.1. The van der Waals surface area contributed by atoms with Gasteiger partial charge in [-0.3, -0.25) is 9.59 Å². The number of phenolic OH excluding ortho intramolecular Hbond substituents is 1. The van der Waals surface area contributed by atoms with E-state index < -0.39 is 0 Å². The van der Waals surface area contributed by atoms with Crippen LogP contribution in [0, 0.1) is 0 Å². The van der Waals surface area contributed by atoms with E-state index in [-0.39, 0.29) is 30.2 Å². The zero-order valence-corrected chi connectivity index (χ0v) is 15.1. The standard InChI is InChI=1S/C18H27N3O4/c1-4-16(24)21(12(2)3)10-9-19-8-7-13-5-6-14(22)17-18(13)25-11-15(23)20-17/h5-6,12,19,22H,4,7-11H2,1-3H3,(H,20,23). The van der Waals surface area contributed by atoms with Gasteiger partial charge in [0.15, 0.2) is 12.4 Å². The summed E-state index contributed by atoms with van der Waals surface area (Å²) in [5.74, 6) is 0.428. The minimum atomic E-state index is -0.271. The third kappa shape index (κ3) is 4.85. The molecule has 3 N–H and O–H groups in total. The van der Waals surface area contributed by atoms with Crippen LogP contribution in [0.25, 0.3) is 0 Å². The van der Waals surface area contributed by atoms with Crippen LogP contribution in [0.2, 0.25) is 0 Å². The van der Waals surface area contributed by atoms with Crippen molar-refractivity contribution in [1.82, 2.24) is 10.2 Å². The van der Waals surface area contributed by atoms with Gasteiger partial charge in [0.25, 0.3) is 5.91 Å². The molecule has 0 bridgehead atoms. The third-order valence-corrected chi connectivity index (χ3v) is 4.18. The van der Waals surface area contributed by atoms with Gasteiger partial charge in [0.2, 0.25) is 5.91 Å². The molecule has 0 saturated heterocycles. The Hall–Kier alpha value is -2.28. The Morgan fingerprint density at radius 1 is 1.40 bits per heavy atom. The van der Waals surface area contributed by atoms with Crippen molar-refractivity contribution in [1.29, 1.82) is 0 Å². The van der Waals surface area contributed by atoms with Crippen molar-refractivity contribution in [2.45, 2.75) is 39.7 Å². The van der Waals surface area contributed by atoms with Gasteiger partial charge in [-0.15, -0.1) is 0 Å². The van der Waals surface area contributed by atoms with Gasteiger partial charge in [-0.2, -0.15) is 0 Å².